The van der Waals surface area contributed by atoms with Crippen molar-refractivity contribution in [3.05, 3.63) is 0 Å². The molecule has 0 spiro atoms. The predicted molar refractivity (Wildman–Crippen MR) is 194 cm³/mol. The van der Waals surface area contributed by atoms with E-state index < -0.39 is 96.0 Å². The van der Waals surface area contributed by atoms with Crippen LogP contribution in [0.25, 0.3) is 0 Å². The molecule has 0 radical (unpaired) electrons. The minimum absolute atomic E-state index is 0.133. The molecular formula is C38H72N2O12. The predicted octanol–water partition coefficient (Wildman–Crippen LogP) is 1.90. The molecule has 3 aliphatic rings. The van der Waals surface area contributed by atoms with E-state index in [0.29, 0.717) is 13.0 Å². The molecular weight excluding hydrogens is 676 g/mol. The first-order valence-electron chi connectivity index (χ1n) is 19.1. The topological polar surface area (TPSA) is 180 Å². The van der Waals surface area contributed by atoms with Crippen molar-refractivity contribution in [2.75, 3.05) is 34.8 Å². The molecule has 5 N–H and O–H groups in total. The number of esters is 1. The summed E-state index contributed by atoms with van der Waals surface area (Å²) >= 11 is 0. The maximum atomic E-state index is 14.2. The number of carbonyl (C=O) groups is 1. The van der Waals surface area contributed by atoms with E-state index in [9.17, 15) is 30.3 Å². The molecule has 0 aliphatic carbocycles. The average molecular weight is 749 g/mol. The number of cyclic esters (lactones) is 1. The largest absolute Gasteiger partial charge is 0.459 e. The van der Waals surface area contributed by atoms with Crippen LogP contribution >= 0.6 is 0 Å². The Bertz CT molecular complexity index is 1140. The van der Waals surface area contributed by atoms with Gasteiger partial charge in [0, 0.05) is 38.1 Å². The first-order valence-corrected chi connectivity index (χ1v) is 19.1. The fourth-order valence-corrected chi connectivity index (χ4v) is 8.74. The first kappa shape index (κ1) is 45.4. The molecule has 3 rings (SSSR count). The molecule has 3 heterocycles. The molecule has 3 aliphatic heterocycles. The van der Waals surface area contributed by atoms with Gasteiger partial charge >= 0.3 is 5.97 Å². The monoisotopic (exact) mass is 749 g/mol. The molecule has 3 saturated heterocycles. The minimum atomic E-state index is -1.80. The number of methoxy groups -OCH3 is 1. The van der Waals surface area contributed by atoms with Gasteiger partial charge in [0.15, 0.2) is 12.6 Å². The van der Waals surface area contributed by atoms with Gasteiger partial charge in [0.25, 0.3) is 0 Å². The summed E-state index contributed by atoms with van der Waals surface area (Å²) < 4.78 is 37.5. The van der Waals surface area contributed by atoms with Crippen molar-refractivity contribution >= 4 is 5.97 Å². The molecule has 14 nitrogen and oxygen atoms in total. The maximum Gasteiger partial charge on any atom is 0.311 e. The highest BCUT2D eigenvalue weighted by atomic mass is 16.7. The first-order chi connectivity index (χ1) is 23.9. The van der Waals surface area contributed by atoms with Crippen molar-refractivity contribution in [1.82, 2.24) is 9.80 Å². The van der Waals surface area contributed by atoms with Gasteiger partial charge in [-0.1, -0.05) is 20.8 Å². The number of hydrogen-bond acceptors (Lipinski definition) is 14. The zero-order chi connectivity index (χ0) is 39.7. The Balaban J connectivity index is 2.17. The van der Waals surface area contributed by atoms with Crippen LogP contribution in [0.3, 0.4) is 0 Å². The fraction of sp³-hybridized carbons (Fsp3) is 0.974. The molecule has 18 atom stereocenters. The highest BCUT2D eigenvalue weighted by Gasteiger charge is 2.52. The Morgan fingerprint density at radius 1 is 0.942 bits per heavy atom. The molecule has 9 unspecified atom stereocenters. The van der Waals surface area contributed by atoms with Gasteiger partial charge in [0.2, 0.25) is 0 Å². The van der Waals surface area contributed by atoms with Crippen LogP contribution in [0.4, 0.5) is 0 Å². The third-order valence-electron chi connectivity index (χ3n) is 12.2. The second kappa shape index (κ2) is 17.8. The number of hydrogen-bond donors (Lipinski definition) is 5. The lowest BCUT2D eigenvalue weighted by atomic mass is 9.77. The van der Waals surface area contributed by atoms with Crippen molar-refractivity contribution in [3.63, 3.8) is 0 Å². The summed E-state index contributed by atoms with van der Waals surface area (Å²) in [5, 5.41) is 58.1. The standard InChI is InChI=1S/C38H72N2O12/c1-15-27-38(10,46)31(42)24(6)40(13)19-20(2)17-36(8,45)33(52-35-29(41)26(39(11)12)16-21(3)48-35)22(4)30(23(5)34(44)50-27)51-28-18-37(9,47-14)32(43)25(7)49-28/h20-33,35,41-43,45-46H,15-19H2,1-14H3/t20-,21?,22+,23-,24-,25?,26?,27-,28?,29?,30?,31-,32?,33-,35?,36-,37?,38-/m1/s1. The van der Waals surface area contributed by atoms with E-state index >= 15 is 0 Å². The summed E-state index contributed by atoms with van der Waals surface area (Å²) in [5.41, 5.74) is -4.37. The van der Waals surface area contributed by atoms with Crippen molar-refractivity contribution in [1.29, 1.82) is 0 Å². The number of carbonyl (C=O) groups excluding carboxylic acids is 1. The van der Waals surface area contributed by atoms with Gasteiger partial charge in [-0.3, -0.25) is 4.79 Å². The summed E-state index contributed by atoms with van der Waals surface area (Å²) in [6.07, 6.45) is -8.19. The molecule has 0 aromatic heterocycles. The Hall–Kier alpha value is -1.01. The highest BCUT2D eigenvalue weighted by Crippen LogP contribution is 2.40. The number of aliphatic hydroxyl groups excluding tert-OH is 3. The van der Waals surface area contributed by atoms with Gasteiger partial charge in [-0.25, -0.2) is 0 Å². The van der Waals surface area contributed by atoms with Gasteiger partial charge in [0.1, 0.15) is 30.0 Å². The Morgan fingerprint density at radius 3 is 2.12 bits per heavy atom. The molecule has 52 heavy (non-hydrogen) atoms. The van der Waals surface area contributed by atoms with Crippen molar-refractivity contribution in [2.45, 2.75) is 185 Å². The summed E-state index contributed by atoms with van der Waals surface area (Å²) in [7, 11) is 7.12. The van der Waals surface area contributed by atoms with Gasteiger partial charge in [-0.2, -0.15) is 0 Å². The highest BCUT2D eigenvalue weighted by molar-refractivity contribution is 5.73. The second-order valence-corrected chi connectivity index (χ2v) is 17.2. The fourth-order valence-electron chi connectivity index (χ4n) is 8.74. The zero-order valence-corrected chi connectivity index (χ0v) is 34.2. The average Bonchev–Trinajstić information content (AvgIpc) is 3.05. The van der Waals surface area contributed by atoms with E-state index in [4.69, 9.17) is 28.4 Å². The van der Waals surface area contributed by atoms with Crippen LogP contribution in [0.1, 0.15) is 94.9 Å². The van der Waals surface area contributed by atoms with Crippen LogP contribution in [-0.2, 0) is 33.2 Å². The Kier molecular flexibility index (Phi) is 15.6. The van der Waals surface area contributed by atoms with E-state index in [1.165, 1.54) is 14.0 Å². The lowest BCUT2D eigenvalue weighted by Gasteiger charge is -2.48. The van der Waals surface area contributed by atoms with Crippen molar-refractivity contribution < 1.29 is 58.7 Å². The SMILES string of the molecule is CC[C@H]1OC(=O)[C@H](C)C(OC2CC(C)(OC)C(O)C(C)O2)[C@H](C)[C@@H](OC2OC(C)CC(N(C)C)C2O)[C@](C)(O)C[C@@H](C)CN(C)[C@H](C)[C@@H](O)[C@]1(C)O. The smallest absolute Gasteiger partial charge is 0.311 e. The quantitative estimate of drug-likeness (QED) is 0.238. The normalized spacial score (nSPS) is 49.6. The lowest BCUT2D eigenvalue weighted by molar-refractivity contribution is -0.318. The van der Waals surface area contributed by atoms with Crippen LogP contribution < -0.4 is 0 Å². The molecule has 0 saturated carbocycles. The second-order valence-electron chi connectivity index (χ2n) is 17.2. The summed E-state index contributed by atoms with van der Waals surface area (Å²) in [6, 6.07) is -0.808. The van der Waals surface area contributed by atoms with Crippen LogP contribution in [0.2, 0.25) is 0 Å². The lowest BCUT2D eigenvalue weighted by Crippen LogP contribution is -2.60. The number of rotatable bonds is 7. The third kappa shape index (κ3) is 10.0. The van der Waals surface area contributed by atoms with E-state index in [2.05, 4.69) is 0 Å². The van der Waals surface area contributed by atoms with Crippen LogP contribution in [0, 0.1) is 17.8 Å². The van der Waals surface area contributed by atoms with Gasteiger partial charge in [0.05, 0.1) is 41.5 Å². The molecule has 3 fully saturated rings. The Morgan fingerprint density at radius 2 is 1.56 bits per heavy atom. The third-order valence-corrected chi connectivity index (χ3v) is 12.2. The van der Waals surface area contributed by atoms with Gasteiger partial charge in [-0.15, -0.1) is 0 Å². The van der Waals surface area contributed by atoms with Crippen LogP contribution in [0.5, 0.6) is 0 Å². The molecule has 0 bridgehead atoms. The number of likely N-dealkylation sites (N-methyl/N-ethyl adjacent to an activating group) is 2. The molecule has 0 aromatic rings. The number of ether oxygens (including phenoxy) is 6. The summed E-state index contributed by atoms with van der Waals surface area (Å²) in [4.78, 5) is 18.0. The molecule has 0 aromatic carbocycles. The van der Waals surface area contributed by atoms with Gasteiger partial charge in [-0.05, 0) is 94.8 Å². The van der Waals surface area contributed by atoms with E-state index in [1.54, 1.807) is 41.5 Å². The van der Waals surface area contributed by atoms with E-state index in [1.807, 2.05) is 51.7 Å². The molecule has 0 amide bonds. The van der Waals surface area contributed by atoms with E-state index in [0.717, 1.165) is 0 Å². The number of aliphatic hydroxyl groups is 5. The maximum absolute atomic E-state index is 14.2. The molecule has 14 heteroatoms. The van der Waals surface area contributed by atoms with E-state index in [-0.39, 0.29) is 37.3 Å². The van der Waals surface area contributed by atoms with Crippen LogP contribution in [-0.4, -0.2) is 166 Å². The van der Waals surface area contributed by atoms with Crippen LogP contribution in [0.15, 0.2) is 0 Å². The van der Waals surface area contributed by atoms with Crippen molar-refractivity contribution in [3.8, 4) is 0 Å². The summed E-state index contributed by atoms with van der Waals surface area (Å²) in [6.45, 7) is 18.0. The number of nitrogens with zero attached hydrogens (tertiary/aromatic N) is 2. The molecule has 306 valence electrons. The minimum Gasteiger partial charge on any atom is -0.459 e. The van der Waals surface area contributed by atoms with Crippen molar-refractivity contribution in [2.24, 2.45) is 17.8 Å². The Labute approximate surface area is 312 Å². The summed E-state index contributed by atoms with van der Waals surface area (Å²) in [5.74, 6) is -2.58. The zero-order valence-electron chi connectivity index (χ0n) is 34.2. The van der Waals surface area contributed by atoms with Gasteiger partial charge < -0.3 is 63.8 Å².